The highest BCUT2D eigenvalue weighted by atomic mass is 35.5. The molecule has 2 aromatic carbocycles. The number of nitrogens with two attached hydrogens (primary N) is 1. The zero-order valence-corrected chi connectivity index (χ0v) is 16.8. The maximum Gasteiger partial charge on any atom is 0.261 e. The molecule has 1 aliphatic carbocycles. The molecule has 0 heterocycles. The maximum absolute atomic E-state index is 12.7. The quantitative estimate of drug-likeness (QED) is 0.629. The third-order valence-corrected chi connectivity index (χ3v) is 5.90. The predicted molar refractivity (Wildman–Crippen MR) is 109 cm³/mol. The molecular weight excluding hydrogens is 409 g/mol. The summed E-state index contributed by atoms with van der Waals surface area (Å²) in [6, 6.07) is 12.3. The number of benzene rings is 2. The number of hydrogen-bond donors (Lipinski definition) is 3. The van der Waals surface area contributed by atoms with Gasteiger partial charge in [-0.3, -0.25) is 9.52 Å². The van der Waals surface area contributed by atoms with Gasteiger partial charge in [-0.05, 0) is 49.1 Å². The van der Waals surface area contributed by atoms with Gasteiger partial charge in [-0.2, -0.15) is 0 Å². The average molecular weight is 430 g/mol. The number of hydrogen-bond acceptors (Lipinski definition) is 4. The van der Waals surface area contributed by atoms with Crippen molar-refractivity contribution in [2.75, 3.05) is 11.3 Å². The standard InChI is InChI=1S/C18H20ClN3O3S.ClH/c19-13-8-9-15(18(23)21-17(11-20)12-6-7-12)16(10-13)22-26(24,25)14-4-2-1-3-5-14;/h1-5,8-10,12,17,22H,6-7,11,20H2,(H,21,23);1H. The highest BCUT2D eigenvalue weighted by Gasteiger charge is 2.32. The van der Waals surface area contributed by atoms with Crippen molar-refractivity contribution in [2.24, 2.45) is 11.7 Å². The molecule has 0 saturated heterocycles. The molecule has 2 aromatic rings. The van der Waals surface area contributed by atoms with Crippen LogP contribution in [0.15, 0.2) is 53.4 Å². The van der Waals surface area contributed by atoms with Crippen LogP contribution in [-0.2, 0) is 10.0 Å². The molecule has 6 nitrogen and oxygen atoms in total. The van der Waals surface area contributed by atoms with Crippen LogP contribution in [-0.4, -0.2) is 26.9 Å². The van der Waals surface area contributed by atoms with Gasteiger partial charge in [0.2, 0.25) is 0 Å². The molecule has 1 saturated carbocycles. The smallest absolute Gasteiger partial charge is 0.261 e. The van der Waals surface area contributed by atoms with Gasteiger partial charge in [-0.1, -0.05) is 29.8 Å². The van der Waals surface area contributed by atoms with E-state index in [4.69, 9.17) is 17.3 Å². The predicted octanol–water partition coefficient (Wildman–Crippen LogP) is 3.03. The second-order valence-corrected chi connectivity index (χ2v) is 8.38. The lowest BCUT2D eigenvalue weighted by Gasteiger charge is -2.18. The number of rotatable bonds is 7. The van der Waals surface area contributed by atoms with Crippen LogP contribution in [0.4, 0.5) is 5.69 Å². The largest absolute Gasteiger partial charge is 0.348 e. The van der Waals surface area contributed by atoms with Crippen LogP contribution in [0.3, 0.4) is 0 Å². The molecule has 1 amide bonds. The molecule has 3 rings (SSSR count). The molecule has 146 valence electrons. The van der Waals surface area contributed by atoms with Gasteiger partial charge in [-0.15, -0.1) is 12.4 Å². The van der Waals surface area contributed by atoms with E-state index in [1.165, 1.54) is 24.3 Å². The summed E-state index contributed by atoms with van der Waals surface area (Å²) in [5.41, 5.74) is 6.06. The van der Waals surface area contributed by atoms with Crippen LogP contribution in [0, 0.1) is 5.92 Å². The fourth-order valence-electron chi connectivity index (χ4n) is 2.72. The SMILES string of the molecule is Cl.NCC(NC(=O)c1ccc(Cl)cc1NS(=O)(=O)c1ccccc1)C1CC1. The van der Waals surface area contributed by atoms with Crippen LogP contribution in [0.5, 0.6) is 0 Å². The molecule has 1 aliphatic rings. The van der Waals surface area contributed by atoms with Gasteiger partial charge in [-0.25, -0.2) is 8.42 Å². The molecule has 1 fully saturated rings. The fourth-order valence-corrected chi connectivity index (χ4v) is 3.98. The average Bonchev–Trinajstić information content (AvgIpc) is 3.45. The van der Waals surface area contributed by atoms with E-state index in [9.17, 15) is 13.2 Å². The van der Waals surface area contributed by atoms with Crippen LogP contribution < -0.4 is 15.8 Å². The van der Waals surface area contributed by atoms with E-state index >= 15 is 0 Å². The Morgan fingerprint density at radius 3 is 2.44 bits per heavy atom. The molecule has 1 atom stereocenters. The second-order valence-electron chi connectivity index (χ2n) is 6.26. The minimum absolute atomic E-state index is 0. The van der Waals surface area contributed by atoms with Crippen molar-refractivity contribution >= 4 is 45.6 Å². The van der Waals surface area contributed by atoms with Crippen LogP contribution in [0.25, 0.3) is 0 Å². The highest BCUT2D eigenvalue weighted by molar-refractivity contribution is 7.92. The van der Waals surface area contributed by atoms with Crippen molar-refractivity contribution in [1.29, 1.82) is 0 Å². The van der Waals surface area contributed by atoms with Crippen molar-refractivity contribution in [3.05, 3.63) is 59.1 Å². The van der Waals surface area contributed by atoms with Crippen molar-refractivity contribution in [1.82, 2.24) is 5.32 Å². The number of amides is 1. The normalized spacial score (nSPS) is 14.7. The van der Waals surface area contributed by atoms with Gasteiger partial charge in [0.15, 0.2) is 0 Å². The van der Waals surface area contributed by atoms with E-state index in [0.29, 0.717) is 17.5 Å². The monoisotopic (exact) mass is 429 g/mol. The molecule has 1 unspecified atom stereocenters. The van der Waals surface area contributed by atoms with Gasteiger partial charge in [0.1, 0.15) is 0 Å². The van der Waals surface area contributed by atoms with Gasteiger partial charge >= 0.3 is 0 Å². The molecule has 0 bridgehead atoms. The second kappa shape index (κ2) is 8.93. The van der Waals surface area contributed by atoms with E-state index < -0.39 is 10.0 Å². The van der Waals surface area contributed by atoms with Crippen molar-refractivity contribution < 1.29 is 13.2 Å². The lowest BCUT2D eigenvalue weighted by Crippen LogP contribution is -2.42. The summed E-state index contributed by atoms with van der Waals surface area (Å²) in [5.74, 6) is 0.00971. The summed E-state index contributed by atoms with van der Waals surface area (Å²) >= 11 is 6.00. The summed E-state index contributed by atoms with van der Waals surface area (Å²) in [4.78, 5) is 12.8. The van der Waals surface area contributed by atoms with E-state index in [1.807, 2.05) is 0 Å². The summed E-state index contributed by atoms with van der Waals surface area (Å²) in [5, 5.41) is 3.21. The lowest BCUT2D eigenvalue weighted by atomic mass is 10.1. The Balaban J connectivity index is 0.00000261. The van der Waals surface area contributed by atoms with Crippen LogP contribution in [0.1, 0.15) is 23.2 Å². The topological polar surface area (TPSA) is 101 Å². The van der Waals surface area contributed by atoms with E-state index in [1.54, 1.807) is 24.3 Å². The van der Waals surface area contributed by atoms with Crippen molar-refractivity contribution in [2.45, 2.75) is 23.8 Å². The zero-order chi connectivity index (χ0) is 18.7. The van der Waals surface area contributed by atoms with Crippen molar-refractivity contribution in [3.63, 3.8) is 0 Å². The van der Waals surface area contributed by atoms with E-state index in [-0.39, 0.29) is 40.5 Å². The fraction of sp³-hybridized carbons (Fsp3) is 0.278. The molecular formula is C18H21Cl2N3O3S. The molecule has 0 radical (unpaired) electrons. The Morgan fingerprint density at radius 2 is 1.85 bits per heavy atom. The minimum Gasteiger partial charge on any atom is -0.348 e. The van der Waals surface area contributed by atoms with E-state index in [2.05, 4.69) is 10.0 Å². The summed E-state index contributed by atoms with van der Waals surface area (Å²) in [6.07, 6.45) is 2.08. The number of halogens is 2. The zero-order valence-electron chi connectivity index (χ0n) is 14.4. The lowest BCUT2D eigenvalue weighted by molar-refractivity contribution is 0.0934. The summed E-state index contributed by atoms with van der Waals surface area (Å²) in [7, 11) is -3.84. The molecule has 9 heteroatoms. The molecule has 4 N–H and O–H groups in total. The molecule has 0 aromatic heterocycles. The number of nitrogens with one attached hydrogen (secondary N) is 2. The summed E-state index contributed by atoms with van der Waals surface area (Å²) < 4.78 is 27.6. The van der Waals surface area contributed by atoms with Crippen LogP contribution in [0.2, 0.25) is 5.02 Å². The van der Waals surface area contributed by atoms with E-state index in [0.717, 1.165) is 12.8 Å². The molecule has 27 heavy (non-hydrogen) atoms. The first-order valence-corrected chi connectivity index (χ1v) is 10.1. The minimum atomic E-state index is -3.84. The van der Waals surface area contributed by atoms with Gasteiger partial charge in [0, 0.05) is 17.6 Å². The first-order valence-electron chi connectivity index (χ1n) is 8.29. The Labute approximate surface area is 169 Å². The first-order chi connectivity index (χ1) is 12.4. The maximum atomic E-state index is 12.7. The Morgan fingerprint density at radius 1 is 1.19 bits per heavy atom. The Bertz CT molecular complexity index is 903. The van der Waals surface area contributed by atoms with Gasteiger partial charge < -0.3 is 11.1 Å². The Kier molecular flexibility index (Phi) is 7.11. The number of sulfonamides is 1. The third-order valence-electron chi connectivity index (χ3n) is 4.29. The Hall–Kier alpha value is -1.80. The highest BCUT2D eigenvalue weighted by Crippen LogP contribution is 2.32. The number of carbonyl (C=O) groups excluding carboxylic acids is 1. The van der Waals surface area contributed by atoms with Gasteiger partial charge in [0.25, 0.3) is 15.9 Å². The first kappa shape index (κ1) is 21.5. The van der Waals surface area contributed by atoms with Gasteiger partial charge in [0.05, 0.1) is 16.1 Å². The number of carbonyl (C=O) groups is 1. The molecule has 0 aliphatic heterocycles. The van der Waals surface area contributed by atoms with Crippen LogP contribution >= 0.6 is 24.0 Å². The third kappa shape index (κ3) is 5.35. The van der Waals surface area contributed by atoms with Crippen molar-refractivity contribution in [3.8, 4) is 0 Å². The summed E-state index contributed by atoms with van der Waals surface area (Å²) in [6.45, 7) is 0.342. The molecule has 0 spiro atoms. The number of anilines is 1.